The van der Waals surface area contributed by atoms with Crippen LogP contribution in [0.3, 0.4) is 0 Å². The third-order valence-corrected chi connectivity index (χ3v) is 5.09. The zero-order valence-electron chi connectivity index (χ0n) is 16.0. The molecule has 1 saturated heterocycles. The van der Waals surface area contributed by atoms with Crippen molar-refractivity contribution in [2.24, 2.45) is 5.92 Å². The van der Waals surface area contributed by atoms with Crippen LogP contribution >= 0.6 is 11.6 Å². The quantitative estimate of drug-likeness (QED) is 0.686. The van der Waals surface area contributed by atoms with Crippen molar-refractivity contribution in [2.75, 3.05) is 19.7 Å². The van der Waals surface area contributed by atoms with Crippen molar-refractivity contribution in [2.45, 2.75) is 39.2 Å². The first-order chi connectivity index (χ1) is 13.5. The van der Waals surface area contributed by atoms with Crippen LogP contribution in [-0.4, -0.2) is 56.7 Å². The monoisotopic (exact) mass is 405 g/mol. The number of likely N-dealkylation sites (tertiary alicyclic amines) is 1. The van der Waals surface area contributed by atoms with Gasteiger partial charge in [0.25, 0.3) is 0 Å². The molecule has 2 atom stereocenters. The van der Waals surface area contributed by atoms with Crippen molar-refractivity contribution in [1.29, 1.82) is 0 Å². The highest BCUT2D eigenvalue weighted by Crippen LogP contribution is 2.23. The minimum absolute atomic E-state index is 0.100. The number of aromatic nitrogens is 4. The summed E-state index contributed by atoms with van der Waals surface area (Å²) >= 11 is 5.91. The van der Waals surface area contributed by atoms with Gasteiger partial charge < -0.3 is 9.64 Å². The summed E-state index contributed by atoms with van der Waals surface area (Å²) in [5.41, 5.74) is 0.776. The highest BCUT2D eigenvalue weighted by atomic mass is 35.5. The number of piperidine rings is 1. The maximum atomic E-state index is 13.1. The Hall–Kier alpha value is -2.48. The highest BCUT2D eigenvalue weighted by molar-refractivity contribution is 6.30. The van der Waals surface area contributed by atoms with E-state index >= 15 is 0 Å². The number of tetrazole rings is 1. The standard InChI is InChI=1S/C19H24ClN5O3/c1-3-16(18(26)24-11-5-6-14(12-24)19(27)28-4-2)25-22-17(21-23-25)13-7-9-15(20)10-8-13/h7-10,14,16H,3-6,11-12H2,1-2H3. The van der Waals surface area contributed by atoms with Gasteiger partial charge in [-0.25, -0.2) is 0 Å². The van der Waals surface area contributed by atoms with Crippen molar-refractivity contribution in [3.63, 3.8) is 0 Å². The normalized spacial score (nSPS) is 18.0. The van der Waals surface area contributed by atoms with E-state index in [9.17, 15) is 9.59 Å². The Morgan fingerprint density at radius 3 is 2.71 bits per heavy atom. The second kappa shape index (κ2) is 9.14. The fourth-order valence-electron chi connectivity index (χ4n) is 3.35. The number of ether oxygens (including phenoxy) is 1. The molecule has 28 heavy (non-hydrogen) atoms. The predicted octanol–water partition coefficient (Wildman–Crippen LogP) is 2.75. The summed E-state index contributed by atoms with van der Waals surface area (Å²) in [6.07, 6.45) is 2.03. The molecule has 1 aromatic heterocycles. The van der Waals surface area contributed by atoms with Crippen molar-refractivity contribution in [1.82, 2.24) is 25.1 Å². The lowest BCUT2D eigenvalue weighted by molar-refractivity contribution is -0.151. The third kappa shape index (κ3) is 4.49. The highest BCUT2D eigenvalue weighted by Gasteiger charge is 2.33. The summed E-state index contributed by atoms with van der Waals surface area (Å²) in [4.78, 5) is 28.2. The Kier molecular flexibility index (Phi) is 6.61. The van der Waals surface area contributed by atoms with Gasteiger partial charge in [-0.1, -0.05) is 18.5 Å². The molecule has 0 saturated carbocycles. The summed E-state index contributed by atoms with van der Waals surface area (Å²) in [5, 5.41) is 13.2. The van der Waals surface area contributed by atoms with Crippen LogP contribution in [0, 0.1) is 5.92 Å². The Labute approximate surface area is 168 Å². The van der Waals surface area contributed by atoms with Crippen LogP contribution in [0.4, 0.5) is 0 Å². The lowest BCUT2D eigenvalue weighted by atomic mass is 9.97. The number of benzene rings is 1. The second-order valence-electron chi connectivity index (χ2n) is 6.74. The van der Waals surface area contributed by atoms with Gasteiger partial charge in [0.05, 0.1) is 12.5 Å². The zero-order chi connectivity index (χ0) is 20.1. The maximum Gasteiger partial charge on any atom is 0.310 e. The second-order valence-corrected chi connectivity index (χ2v) is 7.18. The summed E-state index contributed by atoms with van der Waals surface area (Å²) in [6, 6.07) is 6.56. The molecule has 1 amide bonds. The van der Waals surface area contributed by atoms with Crippen molar-refractivity contribution in [3.05, 3.63) is 29.3 Å². The molecule has 9 heteroatoms. The summed E-state index contributed by atoms with van der Waals surface area (Å²) < 4.78 is 5.12. The first-order valence-electron chi connectivity index (χ1n) is 9.54. The van der Waals surface area contributed by atoms with E-state index in [-0.39, 0.29) is 17.8 Å². The molecule has 2 aromatic rings. The fraction of sp³-hybridized carbons (Fsp3) is 0.526. The van der Waals surface area contributed by atoms with Gasteiger partial charge in [0.2, 0.25) is 11.7 Å². The van der Waals surface area contributed by atoms with Gasteiger partial charge in [-0.2, -0.15) is 4.80 Å². The van der Waals surface area contributed by atoms with Gasteiger partial charge in [-0.15, -0.1) is 10.2 Å². The van der Waals surface area contributed by atoms with E-state index in [0.717, 1.165) is 18.4 Å². The van der Waals surface area contributed by atoms with Gasteiger partial charge in [0.1, 0.15) is 0 Å². The first-order valence-corrected chi connectivity index (χ1v) is 9.92. The van der Waals surface area contributed by atoms with Gasteiger partial charge in [0, 0.05) is 23.7 Å². The zero-order valence-corrected chi connectivity index (χ0v) is 16.8. The molecule has 2 heterocycles. The molecular formula is C19H24ClN5O3. The van der Waals surface area contributed by atoms with Gasteiger partial charge in [-0.05, 0) is 55.7 Å². The van der Waals surface area contributed by atoms with Crippen LogP contribution in [0.1, 0.15) is 39.2 Å². The lowest BCUT2D eigenvalue weighted by Gasteiger charge is -2.33. The maximum absolute atomic E-state index is 13.1. The van der Waals surface area contributed by atoms with E-state index in [1.807, 2.05) is 6.92 Å². The van der Waals surface area contributed by atoms with Crippen molar-refractivity contribution >= 4 is 23.5 Å². The van der Waals surface area contributed by atoms with E-state index in [0.29, 0.717) is 37.0 Å². The molecule has 1 aliphatic heterocycles. The van der Waals surface area contributed by atoms with E-state index < -0.39 is 6.04 Å². The number of nitrogens with zero attached hydrogens (tertiary/aromatic N) is 5. The van der Waals surface area contributed by atoms with E-state index in [2.05, 4.69) is 15.4 Å². The molecule has 2 unspecified atom stereocenters. The Balaban J connectivity index is 1.73. The Bertz CT molecular complexity index is 823. The average molecular weight is 406 g/mol. The van der Waals surface area contributed by atoms with Gasteiger partial charge in [0.15, 0.2) is 6.04 Å². The summed E-state index contributed by atoms with van der Waals surface area (Å²) in [6.45, 7) is 5.01. The van der Waals surface area contributed by atoms with Crippen LogP contribution in [0.15, 0.2) is 24.3 Å². The molecule has 1 fully saturated rings. The smallest absolute Gasteiger partial charge is 0.310 e. The lowest BCUT2D eigenvalue weighted by Crippen LogP contribution is -2.46. The number of rotatable bonds is 6. The third-order valence-electron chi connectivity index (χ3n) is 4.83. The fourth-order valence-corrected chi connectivity index (χ4v) is 3.47. The van der Waals surface area contributed by atoms with Crippen molar-refractivity contribution in [3.8, 4) is 11.4 Å². The molecule has 3 rings (SSSR count). The minimum atomic E-state index is -0.561. The van der Waals surface area contributed by atoms with Crippen LogP contribution in [0.25, 0.3) is 11.4 Å². The van der Waals surface area contributed by atoms with Crippen LogP contribution in [0.5, 0.6) is 0 Å². The number of amides is 1. The van der Waals surface area contributed by atoms with Crippen LogP contribution < -0.4 is 0 Å². The van der Waals surface area contributed by atoms with Crippen LogP contribution in [-0.2, 0) is 14.3 Å². The number of hydrogen-bond donors (Lipinski definition) is 0. The molecular weight excluding hydrogens is 382 g/mol. The largest absolute Gasteiger partial charge is 0.466 e. The predicted molar refractivity (Wildman–Crippen MR) is 104 cm³/mol. The summed E-state index contributed by atoms with van der Waals surface area (Å²) in [5.74, 6) is -0.178. The van der Waals surface area contributed by atoms with Crippen molar-refractivity contribution < 1.29 is 14.3 Å². The molecule has 1 aliphatic rings. The molecule has 8 nitrogen and oxygen atoms in total. The molecule has 0 radical (unpaired) electrons. The molecule has 0 bridgehead atoms. The van der Waals surface area contributed by atoms with Gasteiger partial charge in [-0.3, -0.25) is 9.59 Å². The first kappa shape index (κ1) is 20.3. The SMILES string of the molecule is CCOC(=O)C1CCCN(C(=O)C(CC)n2nnc(-c3ccc(Cl)cc3)n2)C1. The Morgan fingerprint density at radius 2 is 2.04 bits per heavy atom. The number of hydrogen-bond acceptors (Lipinski definition) is 6. The molecule has 150 valence electrons. The molecule has 1 aromatic carbocycles. The number of esters is 1. The van der Waals surface area contributed by atoms with E-state index in [1.54, 1.807) is 36.1 Å². The number of halogens is 1. The molecule has 0 spiro atoms. The van der Waals surface area contributed by atoms with Gasteiger partial charge >= 0.3 is 5.97 Å². The van der Waals surface area contributed by atoms with E-state index in [1.165, 1.54) is 4.80 Å². The summed E-state index contributed by atoms with van der Waals surface area (Å²) in [7, 11) is 0. The number of carbonyl (C=O) groups excluding carboxylic acids is 2. The Morgan fingerprint density at radius 1 is 1.29 bits per heavy atom. The topological polar surface area (TPSA) is 90.2 Å². The molecule has 0 aliphatic carbocycles. The molecule has 0 N–H and O–H groups in total. The van der Waals surface area contributed by atoms with E-state index in [4.69, 9.17) is 16.3 Å². The van der Waals surface area contributed by atoms with Crippen LogP contribution in [0.2, 0.25) is 5.02 Å². The average Bonchev–Trinajstić information content (AvgIpc) is 3.19. The minimum Gasteiger partial charge on any atom is -0.466 e. The number of carbonyl (C=O) groups is 2.